The summed E-state index contributed by atoms with van der Waals surface area (Å²) < 4.78 is 0.773. The van der Waals surface area contributed by atoms with Gasteiger partial charge in [-0.15, -0.1) is 0 Å². The van der Waals surface area contributed by atoms with Crippen LogP contribution in [0.3, 0.4) is 0 Å². The van der Waals surface area contributed by atoms with Gasteiger partial charge in [-0.25, -0.2) is 0 Å². The van der Waals surface area contributed by atoms with E-state index in [1.807, 2.05) is 6.07 Å². The number of carbonyl (C=O) groups excluding carboxylic acids is 1. The first-order chi connectivity index (χ1) is 6.24. The Bertz CT molecular complexity index is 339. The van der Waals surface area contributed by atoms with Gasteiger partial charge in [-0.2, -0.15) is 0 Å². The van der Waals surface area contributed by atoms with Gasteiger partial charge in [0.2, 0.25) is 0 Å². The third kappa shape index (κ3) is 2.87. The molecule has 1 rings (SSSR count). The summed E-state index contributed by atoms with van der Waals surface area (Å²) in [5.74, 6) is -0.477. The van der Waals surface area contributed by atoms with Gasteiger partial charge in [-0.1, -0.05) is 17.3 Å². The van der Waals surface area contributed by atoms with Gasteiger partial charge in [0.25, 0.3) is 5.91 Å². The molecule has 2 N–H and O–H groups in total. The Kier molecular flexibility index (Phi) is 3.45. The van der Waals surface area contributed by atoms with Crippen LogP contribution in [0.5, 0.6) is 0 Å². The number of hydrogen-bond donors (Lipinski definition) is 2. The lowest BCUT2D eigenvalue weighted by Crippen LogP contribution is -2.12. The number of nitrogens with zero attached hydrogens (tertiary/aromatic N) is 1. The number of nitrogens with one attached hydrogen (secondary N) is 1. The van der Waals surface area contributed by atoms with E-state index >= 15 is 0 Å². The molecule has 1 amide bonds. The van der Waals surface area contributed by atoms with Crippen LogP contribution in [0.25, 0.3) is 0 Å². The fourth-order valence-corrected chi connectivity index (χ4v) is 1.16. The van der Waals surface area contributed by atoms with E-state index in [0.29, 0.717) is 5.69 Å². The monoisotopic (exact) mass is 242 g/mol. The molecule has 0 saturated carbocycles. The van der Waals surface area contributed by atoms with Crippen molar-refractivity contribution in [2.24, 2.45) is 5.16 Å². The number of carbonyl (C=O) groups is 1. The number of oxime groups is 1. The van der Waals surface area contributed by atoms with E-state index < -0.39 is 5.91 Å². The molecule has 0 radical (unpaired) electrons. The van der Waals surface area contributed by atoms with Crippen LogP contribution in [-0.4, -0.2) is 17.3 Å². The average Bonchev–Trinajstić information content (AvgIpc) is 2.09. The summed E-state index contributed by atoms with van der Waals surface area (Å²) in [6.45, 7) is 0. The minimum atomic E-state index is -0.477. The van der Waals surface area contributed by atoms with Crippen LogP contribution in [0.15, 0.2) is 33.9 Å². The van der Waals surface area contributed by atoms with Gasteiger partial charge in [-0.05, 0) is 28.1 Å². The molecule has 0 aliphatic carbocycles. The molecule has 0 unspecified atom stereocenters. The largest absolute Gasteiger partial charge is 0.411 e. The van der Waals surface area contributed by atoms with E-state index in [0.717, 1.165) is 10.7 Å². The second-order valence-corrected chi connectivity index (χ2v) is 3.07. The van der Waals surface area contributed by atoms with Crippen LogP contribution < -0.4 is 5.32 Å². The molecule has 0 fully saturated rings. The van der Waals surface area contributed by atoms with Crippen molar-refractivity contribution in [1.82, 2.24) is 0 Å². The molecule has 0 aromatic heterocycles. The smallest absolute Gasteiger partial charge is 0.270 e. The molecule has 0 aliphatic heterocycles. The fraction of sp³-hybridized carbons (Fsp3) is 0. The minimum Gasteiger partial charge on any atom is -0.411 e. The van der Waals surface area contributed by atoms with Crippen molar-refractivity contribution in [3.63, 3.8) is 0 Å². The predicted molar refractivity (Wildman–Crippen MR) is 53.1 cm³/mol. The van der Waals surface area contributed by atoms with Gasteiger partial charge >= 0.3 is 0 Å². The summed E-state index contributed by atoms with van der Waals surface area (Å²) in [5.41, 5.74) is 0.632. The summed E-state index contributed by atoms with van der Waals surface area (Å²) in [5, 5.41) is 13.2. The molecule has 0 atom stereocenters. The van der Waals surface area contributed by atoms with Crippen molar-refractivity contribution >= 4 is 33.7 Å². The Morgan fingerprint density at radius 3 is 2.85 bits per heavy atom. The van der Waals surface area contributed by atoms with Crippen molar-refractivity contribution in [3.8, 4) is 0 Å². The number of anilines is 1. The Labute approximate surface area is 83.4 Å². The maximum Gasteiger partial charge on any atom is 0.270 e. The van der Waals surface area contributed by atoms with Crippen molar-refractivity contribution < 1.29 is 10.0 Å². The third-order valence-electron chi connectivity index (χ3n) is 1.31. The number of benzene rings is 1. The van der Waals surface area contributed by atoms with Crippen LogP contribution in [0.1, 0.15) is 0 Å². The molecule has 0 bridgehead atoms. The van der Waals surface area contributed by atoms with Crippen molar-refractivity contribution in [2.45, 2.75) is 0 Å². The average molecular weight is 243 g/mol. The van der Waals surface area contributed by atoms with E-state index in [9.17, 15) is 4.79 Å². The van der Waals surface area contributed by atoms with Gasteiger partial charge in [0.05, 0.1) is 5.69 Å². The number of halogens is 1. The molecule has 0 spiro atoms. The third-order valence-corrected chi connectivity index (χ3v) is 2.00. The highest BCUT2D eigenvalue weighted by atomic mass is 79.9. The van der Waals surface area contributed by atoms with E-state index in [1.165, 1.54) is 0 Å². The van der Waals surface area contributed by atoms with Crippen LogP contribution in [0.2, 0.25) is 0 Å². The zero-order chi connectivity index (χ0) is 9.68. The highest BCUT2D eigenvalue weighted by Crippen LogP contribution is 2.20. The van der Waals surface area contributed by atoms with Gasteiger partial charge in [0, 0.05) is 4.47 Å². The van der Waals surface area contributed by atoms with Crippen LogP contribution in [-0.2, 0) is 4.79 Å². The fourth-order valence-electron chi connectivity index (χ4n) is 0.780. The molecule has 68 valence electrons. The molecule has 0 aliphatic rings. The minimum absolute atomic E-state index is 0.477. The molecule has 5 heteroatoms. The van der Waals surface area contributed by atoms with Gasteiger partial charge in [0.15, 0.2) is 0 Å². The van der Waals surface area contributed by atoms with Crippen molar-refractivity contribution in [2.75, 3.05) is 5.32 Å². The lowest BCUT2D eigenvalue weighted by Gasteiger charge is -2.02. The molecule has 13 heavy (non-hydrogen) atoms. The highest BCUT2D eigenvalue weighted by molar-refractivity contribution is 9.10. The van der Waals surface area contributed by atoms with Crippen LogP contribution >= 0.6 is 15.9 Å². The second kappa shape index (κ2) is 4.61. The summed E-state index contributed by atoms with van der Waals surface area (Å²) in [6, 6.07) is 7.15. The SMILES string of the molecule is O=C(/C=N\O)Nc1ccccc1Br. The maximum absolute atomic E-state index is 10.9. The number of amides is 1. The Balaban J connectivity index is 2.74. The Hall–Kier alpha value is -1.36. The Morgan fingerprint density at radius 2 is 2.23 bits per heavy atom. The van der Waals surface area contributed by atoms with Crippen molar-refractivity contribution in [3.05, 3.63) is 28.7 Å². The zero-order valence-corrected chi connectivity index (χ0v) is 8.15. The van der Waals surface area contributed by atoms with Gasteiger partial charge in [0.1, 0.15) is 6.21 Å². The zero-order valence-electron chi connectivity index (χ0n) is 6.57. The first-order valence-corrected chi connectivity index (χ1v) is 4.26. The molecular formula is C8H7BrN2O2. The first-order valence-electron chi connectivity index (χ1n) is 3.47. The lowest BCUT2D eigenvalue weighted by molar-refractivity contribution is -0.110. The Morgan fingerprint density at radius 1 is 1.54 bits per heavy atom. The number of hydrogen-bond acceptors (Lipinski definition) is 3. The summed E-state index contributed by atoms with van der Waals surface area (Å²) in [6.07, 6.45) is 0.791. The van der Waals surface area contributed by atoms with E-state index in [-0.39, 0.29) is 0 Å². The van der Waals surface area contributed by atoms with E-state index in [1.54, 1.807) is 18.2 Å². The summed E-state index contributed by atoms with van der Waals surface area (Å²) in [7, 11) is 0. The van der Waals surface area contributed by atoms with Gasteiger partial charge in [-0.3, -0.25) is 4.79 Å². The first kappa shape index (κ1) is 9.73. The summed E-state index contributed by atoms with van der Waals surface area (Å²) in [4.78, 5) is 10.9. The molecule has 0 saturated heterocycles. The van der Waals surface area contributed by atoms with Crippen molar-refractivity contribution in [1.29, 1.82) is 0 Å². The number of rotatable bonds is 2. The molecule has 1 aromatic rings. The maximum atomic E-state index is 10.9. The molecule has 1 aromatic carbocycles. The normalized spacial score (nSPS) is 10.2. The number of para-hydroxylation sites is 1. The lowest BCUT2D eigenvalue weighted by atomic mass is 10.3. The quantitative estimate of drug-likeness (QED) is 0.473. The predicted octanol–water partition coefficient (Wildman–Crippen LogP) is 1.85. The van der Waals surface area contributed by atoms with Crippen LogP contribution in [0.4, 0.5) is 5.69 Å². The second-order valence-electron chi connectivity index (χ2n) is 2.21. The highest BCUT2D eigenvalue weighted by Gasteiger charge is 2.01. The van der Waals surface area contributed by atoms with E-state index in [4.69, 9.17) is 5.21 Å². The molecular weight excluding hydrogens is 236 g/mol. The molecule has 4 nitrogen and oxygen atoms in total. The molecule has 0 heterocycles. The topological polar surface area (TPSA) is 61.7 Å². The van der Waals surface area contributed by atoms with Gasteiger partial charge < -0.3 is 10.5 Å². The van der Waals surface area contributed by atoms with Crippen LogP contribution in [0, 0.1) is 0 Å². The van der Waals surface area contributed by atoms with E-state index in [2.05, 4.69) is 26.4 Å². The summed E-state index contributed by atoms with van der Waals surface area (Å²) >= 11 is 3.25. The standard InChI is InChI=1S/C8H7BrN2O2/c9-6-3-1-2-4-7(6)11-8(12)5-10-13/h1-5,13H,(H,11,12)/b10-5-.